The van der Waals surface area contributed by atoms with Crippen molar-refractivity contribution in [3.8, 4) is 0 Å². The van der Waals surface area contributed by atoms with Crippen LogP contribution in [0.25, 0.3) is 6.08 Å². The number of hydrogen-bond acceptors (Lipinski definition) is 4. The molecule has 2 aliphatic heterocycles. The number of ether oxygens (including phenoxy) is 1. The van der Waals surface area contributed by atoms with Crippen molar-refractivity contribution < 1.29 is 19.2 Å². The average Bonchev–Trinajstić information content (AvgIpc) is 2.77. The fraction of sp³-hybridized carbons (Fsp3) is 0.304. The highest BCUT2D eigenvalue weighted by Crippen LogP contribution is 2.41. The number of carbonyl (C=O) groups is 2. The normalized spacial score (nSPS) is 18.2. The Morgan fingerprint density at radius 3 is 2.81 bits per heavy atom. The maximum absolute atomic E-state index is 13.3. The Balaban J connectivity index is 1.46. The summed E-state index contributed by atoms with van der Waals surface area (Å²) in [5.41, 5.74) is 1.71. The number of hydrogen-bond donors (Lipinski definition) is 2. The minimum atomic E-state index is -0.155. The van der Waals surface area contributed by atoms with E-state index in [0.29, 0.717) is 11.4 Å². The molecule has 2 N–H and O–H groups in total. The smallest absolute Gasteiger partial charge is 0.265 e. The zero-order chi connectivity index (χ0) is 21.6. The first kappa shape index (κ1) is 22.1. The minimum absolute atomic E-state index is 0.00464. The number of thioether (sulfide) groups is 1. The first-order valence-corrected chi connectivity index (χ1v) is 11.9. The highest BCUT2D eigenvalue weighted by atomic mass is 79.9. The lowest BCUT2D eigenvalue weighted by Crippen LogP contribution is -3.14. The quantitative estimate of drug-likeness (QED) is 0.592. The van der Waals surface area contributed by atoms with Crippen LogP contribution in [-0.4, -0.2) is 57.8 Å². The standard InChI is InChI=1S/C23H24BrN3O3S/c24-18-5-3-4-17(14-18)15-21-23(29)27(19-6-1-2-7-20(19)31-21)16-22(28)25-8-9-26-10-12-30-13-11-26/h1-7,14-15H,8-13,16H2,(H,25,28)/p+1. The number of para-hydroxylation sites is 1. The van der Waals surface area contributed by atoms with E-state index in [0.717, 1.165) is 53.5 Å². The van der Waals surface area contributed by atoms with Gasteiger partial charge in [-0.1, -0.05) is 52.0 Å². The van der Waals surface area contributed by atoms with E-state index >= 15 is 0 Å². The molecule has 1 fully saturated rings. The fourth-order valence-corrected chi connectivity index (χ4v) is 5.13. The van der Waals surface area contributed by atoms with Crippen LogP contribution in [0.5, 0.6) is 0 Å². The predicted molar refractivity (Wildman–Crippen MR) is 126 cm³/mol. The molecule has 4 rings (SSSR count). The van der Waals surface area contributed by atoms with E-state index in [1.807, 2.05) is 54.6 Å². The second kappa shape index (κ2) is 10.5. The summed E-state index contributed by atoms with van der Waals surface area (Å²) in [7, 11) is 0. The van der Waals surface area contributed by atoms with Crippen LogP contribution >= 0.6 is 27.7 Å². The van der Waals surface area contributed by atoms with Gasteiger partial charge in [0, 0.05) is 9.37 Å². The van der Waals surface area contributed by atoms with Gasteiger partial charge in [0.25, 0.3) is 5.91 Å². The summed E-state index contributed by atoms with van der Waals surface area (Å²) in [6.45, 7) is 4.94. The van der Waals surface area contributed by atoms with Gasteiger partial charge < -0.3 is 15.0 Å². The van der Waals surface area contributed by atoms with Gasteiger partial charge in [0.05, 0.1) is 36.9 Å². The van der Waals surface area contributed by atoms with Gasteiger partial charge in [0.1, 0.15) is 19.6 Å². The largest absolute Gasteiger partial charge is 0.370 e. The van der Waals surface area contributed by atoms with Gasteiger partial charge in [-0.15, -0.1) is 0 Å². The van der Waals surface area contributed by atoms with E-state index < -0.39 is 0 Å². The Kier molecular flexibility index (Phi) is 7.45. The van der Waals surface area contributed by atoms with Crippen molar-refractivity contribution in [2.75, 3.05) is 50.8 Å². The van der Waals surface area contributed by atoms with Crippen LogP contribution in [0.4, 0.5) is 5.69 Å². The Labute approximate surface area is 194 Å². The summed E-state index contributed by atoms with van der Waals surface area (Å²) >= 11 is 4.91. The van der Waals surface area contributed by atoms with Crippen LogP contribution in [0.15, 0.2) is 62.8 Å². The molecule has 2 heterocycles. The van der Waals surface area contributed by atoms with E-state index in [9.17, 15) is 9.59 Å². The molecule has 162 valence electrons. The number of benzene rings is 2. The van der Waals surface area contributed by atoms with E-state index in [2.05, 4.69) is 21.2 Å². The van der Waals surface area contributed by atoms with Crippen molar-refractivity contribution >= 4 is 51.3 Å². The molecule has 2 amide bonds. The third-order valence-electron chi connectivity index (χ3n) is 5.28. The third-order valence-corrected chi connectivity index (χ3v) is 6.85. The van der Waals surface area contributed by atoms with Gasteiger partial charge >= 0.3 is 0 Å². The highest BCUT2D eigenvalue weighted by Gasteiger charge is 2.30. The maximum atomic E-state index is 13.3. The van der Waals surface area contributed by atoms with Crippen molar-refractivity contribution in [1.82, 2.24) is 5.32 Å². The van der Waals surface area contributed by atoms with Gasteiger partial charge in [-0.05, 0) is 35.9 Å². The van der Waals surface area contributed by atoms with Gasteiger partial charge in [0.2, 0.25) is 5.91 Å². The van der Waals surface area contributed by atoms with Crippen LogP contribution in [-0.2, 0) is 14.3 Å². The average molecular weight is 503 g/mol. The first-order valence-electron chi connectivity index (χ1n) is 10.3. The number of nitrogens with one attached hydrogen (secondary N) is 2. The number of quaternary nitrogens is 1. The number of nitrogens with zero attached hydrogens (tertiary/aromatic N) is 1. The second-order valence-electron chi connectivity index (χ2n) is 7.49. The Morgan fingerprint density at radius 1 is 1.19 bits per heavy atom. The first-order chi connectivity index (χ1) is 15.1. The molecule has 8 heteroatoms. The van der Waals surface area contributed by atoms with Crippen LogP contribution < -0.4 is 15.1 Å². The van der Waals surface area contributed by atoms with Crippen molar-refractivity contribution in [1.29, 1.82) is 0 Å². The molecule has 0 bridgehead atoms. The summed E-state index contributed by atoms with van der Waals surface area (Å²) < 4.78 is 6.32. The summed E-state index contributed by atoms with van der Waals surface area (Å²) in [5.74, 6) is -0.304. The van der Waals surface area contributed by atoms with Crippen LogP contribution in [0, 0.1) is 0 Å². The van der Waals surface area contributed by atoms with Crippen LogP contribution in [0.3, 0.4) is 0 Å². The molecule has 6 nitrogen and oxygen atoms in total. The Morgan fingerprint density at radius 2 is 2.00 bits per heavy atom. The number of anilines is 1. The number of carbonyl (C=O) groups excluding carboxylic acids is 2. The van der Waals surface area contributed by atoms with Crippen molar-refractivity contribution in [2.24, 2.45) is 0 Å². The number of fused-ring (bicyclic) bond motifs is 1. The molecular formula is C23H25BrN3O3S+. The molecule has 0 radical (unpaired) electrons. The molecule has 31 heavy (non-hydrogen) atoms. The van der Waals surface area contributed by atoms with Crippen LogP contribution in [0.1, 0.15) is 5.56 Å². The van der Waals surface area contributed by atoms with Crippen LogP contribution in [0.2, 0.25) is 0 Å². The maximum Gasteiger partial charge on any atom is 0.265 e. The lowest BCUT2D eigenvalue weighted by atomic mass is 10.2. The molecule has 0 spiro atoms. The van der Waals surface area contributed by atoms with E-state index in [4.69, 9.17) is 4.74 Å². The molecule has 2 aliphatic rings. The summed E-state index contributed by atoms with van der Waals surface area (Å²) in [5, 5.41) is 2.97. The number of rotatable bonds is 6. The van der Waals surface area contributed by atoms with E-state index in [-0.39, 0.29) is 18.4 Å². The van der Waals surface area contributed by atoms with Gasteiger partial charge in [0.15, 0.2) is 0 Å². The molecule has 0 aliphatic carbocycles. The molecule has 0 unspecified atom stereocenters. The highest BCUT2D eigenvalue weighted by molar-refractivity contribution is 9.10. The van der Waals surface area contributed by atoms with E-state index in [1.165, 1.54) is 16.7 Å². The number of amides is 2. The van der Waals surface area contributed by atoms with Gasteiger partial charge in [-0.2, -0.15) is 0 Å². The zero-order valence-corrected chi connectivity index (χ0v) is 19.5. The Bertz CT molecular complexity index is 992. The third kappa shape index (κ3) is 5.77. The molecule has 1 saturated heterocycles. The number of halogens is 1. The number of morpholine rings is 1. The van der Waals surface area contributed by atoms with E-state index in [1.54, 1.807) is 4.90 Å². The summed E-state index contributed by atoms with van der Waals surface area (Å²) in [6.07, 6.45) is 1.88. The second-order valence-corrected chi connectivity index (χ2v) is 9.49. The molecular weight excluding hydrogens is 478 g/mol. The molecule has 0 atom stereocenters. The minimum Gasteiger partial charge on any atom is -0.370 e. The monoisotopic (exact) mass is 502 g/mol. The molecule has 0 saturated carbocycles. The predicted octanol–water partition coefficient (Wildman–Crippen LogP) is 1.96. The summed E-state index contributed by atoms with van der Waals surface area (Å²) in [6, 6.07) is 15.5. The van der Waals surface area contributed by atoms with Crippen molar-refractivity contribution in [2.45, 2.75) is 4.90 Å². The lowest BCUT2D eigenvalue weighted by molar-refractivity contribution is -0.906. The summed E-state index contributed by atoms with van der Waals surface area (Å²) in [4.78, 5) is 30.5. The SMILES string of the molecule is O=C(CN1C(=O)C(=Cc2cccc(Br)c2)Sc2ccccc21)NCC[NH+]1CCOCC1. The molecule has 2 aromatic carbocycles. The van der Waals surface area contributed by atoms with Crippen molar-refractivity contribution in [3.63, 3.8) is 0 Å². The van der Waals surface area contributed by atoms with Gasteiger partial charge in [-0.3, -0.25) is 14.5 Å². The lowest BCUT2D eigenvalue weighted by Gasteiger charge is -2.30. The topological polar surface area (TPSA) is 63.1 Å². The zero-order valence-electron chi connectivity index (χ0n) is 17.1. The fourth-order valence-electron chi connectivity index (χ4n) is 3.66. The molecule has 0 aromatic heterocycles. The molecule has 2 aromatic rings. The van der Waals surface area contributed by atoms with Gasteiger partial charge in [-0.25, -0.2) is 0 Å². The Hall–Kier alpha value is -2.13. The van der Waals surface area contributed by atoms with Crippen molar-refractivity contribution in [3.05, 3.63) is 63.5 Å².